The Kier molecular flexibility index (Phi) is 5.41. The molecular weight excluding hydrogens is 296 g/mol. The zero-order chi connectivity index (χ0) is 13.9. The zero-order valence-corrected chi connectivity index (χ0v) is 13.1. The van der Waals surface area contributed by atoms with Crippen molar-refractivity contribution in [1.29, 1.82) is 0 Å². The number of carbonyl (C=O) groups excluding carboxylic acids is 1. The highest BCUT2D eigenvalue weighted by molar-refractivity contribution is 9.10. The quantitative estimate of drug-likeness (QED) is 0.907. The lowest BCUT2D eigenvalue weighted by atomic mass is 10.2. The van der Waals surface area contributed by atoms with Gasteiger partial charge in [0.1, 0.15) is 5.69 Å². The van der Waals surface area contributed by atoms with Crippen LogP contribution in [0.4, 0.5) is 0 Å². The highest BCUT2D eigenvalue weighted by atomic mass is 79.9. The molecule has 1 amide bonds. The third-order valence-electron chi connectivity index (χ3n) is 3.04. The van der Waals surface area contributed by atoms with Crippen molar-refractivity contribution in [3.8, 4) is 0 Å². The van der Waals surface area contributed by atoms with Crippen LogP contribution >= 0.6 is 15.9 Å². The molecule has 1 N–H and O–H groups in total. The van der Waals surface area contributed by atoms with E-state index in [0.717, 1.165) is 4.47 Å². The highest BCUT2D eigenvalue weighted by Gasteiger charge is 2.19. The Morgan fingerprint density at radius 1 is 1.39 bits per heavy atom. The van der Waals surface area contributed by atoms with Crippen LogP contribution in [0, 0.1) is 0 Å². The maximum atomic E-state index is 12.2. The Labute approximate surface area is 117 Å². The molecule has 0 spiro atoms. The SMILES string of the molecule is CO[C@@H](C)[C@H](C)NC(=O)c1cc(Br)cn1C(C)C. The van der Waals surface area contributed by atoms with Crippen molar-refractivity contribution in [2.75, 3.05) is 7.11 Å². The largest absolute Gasteiger partial charge is 0.380 e. The number of nitrogens with one attached hydrogen (secondary N) is 1. The fourth-order valence-corrected chi connectivity index (χ4v) is 2.09. The van der Waals surface area contributed by atoms with Gasteiger partial charge in [0.2, 0.25) is 0 Å². The highest BCUT2D eigenvalue weighted by Crippen LogP contribution is 2.19. The fraction of sp³-hybridized carbons (Fsp3) is 0.615. The van der Waals surface area contributed by atoms with Gasteiger partial charge in [-0.1, -0.05) is 0 Å². The predicted octanol–water partition coefficient (Wildman–Crippen LogP) is 2.98. The van der Waals surface area contributed by atoms with Crippen molar-refractivity contribution in [2.24, 2.45) is 0 Å². The summed E-state index contributed by atoms with van der Waals surface area (Å²) in [5.74, 6) is -0.0780. The van der Waals surface area contributed by atoms with Crippen molar-refractivity contribution in [1.82, 2.24) is 9.88 Å². The molecule has 102 valence electrons. The molecule has 0 aliphatic carbocycles. The number of hydrogen-bond donors (Lipinski definition) is 1. The molecule has 0 fully saturated rings. The van der Waals surface area contributed by atoms with Gasteiger partial charge in [-0.25, -0.2) is 0 Å². The molecule has 0 saturated heterocycles. The second kappa shape index (κ2) is 6.38. The summed E-state index contributed by atoms with van der Waals surface area (Å²) in [6, 6.07) is 2.04. The third kappa shape index (κ3) is 3.59. The molecule has 0 radical (unpaired) electrons. The minimum absolute atomic E-state index is 0.0140. The standard InChI is InChI=1S/C13H21BrN2O2/c1-8(2)16-7-11(14)6-12(16)13(17)15-9(3)10(4)18-5/h6-10H,1-5H3,(H,15,17)/t9-,10-/m0/s1. The summed E-state index contributed by atoms with van der Waals surface area (Å²) >= 11 is 3.40. The van der Waals surface area contributed by atoms with E-state index in [-0.39, 0.29) is 24.1 Å². The first-order valence-electron chi connectivity index (χ1n) is 6.07. The summed E-state index contributed by atoms with van der Waals surface area (Å²) in [6.07, 6.45) is 1.91. The van der Waals surface area contributed by atoms with Crippen LogP contribution in [0.2, 0.25) is 0 Å². The van der Waals surface area contributed by atoms with Crippen LogP contribution in [0.3, 0.4) is 0 Å². The van der Waals surface area contributed by atoms with E-state index in [1.165, 1.54) is 0 Å². The van der Waals surface area contributed by atoms with Gasteiger partial charge in [0.05, 0.1) is 12.1 Å². The topological polar surface area (TPSA) is 43.3 Å². The molecule has 18 heavy (non-hydrogen) atoms. The molecule has 2 atom stereocenters. The number of ether oxygens (including phenoxy) is 1. The minimum atomic E-state index is -0.0780. The van der Waals surface area contributed by atoms with Crippen LogP contribution in [-0.2, 0) is 4.74 Å². The molecule has 5 heteroatoms. The lowest BCUT2D eigenvalue weighted by molar-refractivity contribution is 0.0728. The number of hydrogen-bond acceptors (Lipinski definition) is 2. The number of amides is 1. The van der Waals surface area contributed by atoms with Crippen molar-refractivity contribution in [3.63, 3.8) is 0 Å². The molecule has 4 nitrogen and oxygen atoms in total. The lowest BCUT2D eigenvalue weighted by Gasteiger charge is -2.21. The van der Waals surface area contributed by atoms with Gasteiger partial charge in [-0.15, -0.1) is 0 Å². The lowest BCUT2D eigenvalue weighted by Crippen LogP contribution is -2.41. The van der Waals surface area contributed by atoms with Crippen LogP contribution < -0.4 is 5.32 Å². The molecule has 1 rings (SSSR count). The summed E-state index contributed by atoms with van der Waals surface area (Å²) in [5, 5.41) is 2.95. The number of aromatic nitrogens is 1. The van der Waals surface area contributed by atoms with Gasteiger partial charge < -0.3 is 14.6 Å². The number of nitrogens with zero attached hydrogens (tertiary/aromatic N) is 1. The second-order valence-electron chi connectivity index (χ2n) is 4.75. The molecule has 0 aromatic carbocycles. The summed E-state index contributed by atoms with van der Waals surface area (Å²) in [5.41, 5.74) is 0.659. The van der Waals surface area contributed by atoms with Gasteiger partial charge in [-0.3, -0.25) is 4.79 Å². The minimum Gasteiger partial charge on any atom is -0.380 e. The first-order chi connectivity index (χ1) is 8.36. The van der Waals surface area contributed by atoms with Crippen LogP contribution in [0.1, 0.15) is 44.2 Å². The first-order valence-corrected chi connectivity index (χ1v) is 6.87. The summed E-state index contributed by atoms with van der Waals surface area (Å²) in [7, 11) is 1.64. The van der Waals surface area contributed by atoms with Crippen LogP contribution in [0.15, 0.2) is 16.7 Å². The molecule has 0 bridgehead atoms. The van der Waals surface area contributed by atoms with E-state index < -0.39 is 0 Å². The van der Waals surface area contributed by atoms with Crippen molar-refractivity contribution in [3.05, 3.63) is 22.4 Å². The molecule has 0 aliphatic heterocycles. The van der Waals surface area contributed by atoms with E-state index in [2.05, 4.69) is 21.2 Å². The Hall–Kier alpha value is -0.810. The van der Waals surface area contributed by atoms with Crippen LogP contribution in [-0.4, -0.2) is 29.7 Å². The molecule has 1 aromatic rings. The van der Waals surface area contributed by atoms with Gasteiger partial charge in [-0.2, -0.15) is 0 Å². The molecule has 0 aliphatic rings. The van der Waals surface area contributed by atoms with Gasteiger partial charge >= 0.3 is 0 Å². The van der Waals surface area contributed by atoms with E-state index in [1.807, 2.05) is 44.5 Å². The van der Waals surface area contributed by atoms with E-state index in [0.29, 0.717) is 5.69 Å². The van der Waals surface area contributed by atoms with E-state index in [9.17, 15) is 4.79 Å². The smallest absolute Gasteiger partial charge is 0.268 e. The Morgan fingerprint density at radius 2 is 2.00 bits per heavy atom. The number of carbonyl (C=O) groups is 1. The molecule has 1 aromatic heterocycles. The van der Waals surface area contributed by atoms with Crippen LogP contribution in [0.25, 0.3) is 0 Å². The maximum absolute atomic E-state index is 12.2. The molecule has 1 heterocycles. The van der Waals surface area contributed by atoms with Crippen molar-refractivity contribution >= 4 is 21.8 Å². The van der Waals surface area contributed by atoms with Gasteiger partial charge in [0.25, 0.3) is 5.91 Å². The molecule has 0 saturated carbocycles. The Bertz CT molecular complexity index is 415. The number of rotatable bonds is 5. The van der Waals surface area contributed by atoms with E-state index in [4.69, 9.17) is 4.74 Å². The Morgan fingerprint density at radius 3 is 2.50 bits per heavy atom. The predicted molar refractivity (Wildman–Crippen MR) is 75.9 cm³/mol. The second-order valence-corrected chi connectivity index (χ2v) is 5.66. The van der Waals surface area contributed by atoms with Gasteiger partial charge in [0, 0.05) is 23.8 Å². The van der Waals surface area contributed by atoms with E-state index in [1.54, 1.807) is 7.11 Å². The van der Waals surface area contributed by atoms with Crippen molar-refractivity contribution in [2.45, 2.75) is 45.9 Å². The average Bonchev–Trinajstić information content (AvgIpc) is 2.70. The van der Waals surface area contributed by atoms with Gasteiger partial charge in [-0.05, 0) is 49.7 Å². The summed E-state index contributed by atoms with van der Waals surface area (Å²) < 4.78 is 8.06. The monoisotopic (exact) mass is 316 g/mol. The van der Waals surface area contributed by atoms with Crippen molar-refractivity contribution < 1.29 is 9.53 Å². The first kappa shape index (κ1) is 15.2. The Balaban J connectivity index is 2.84. The third-order valence-corrected chi connectivity index (χ3v) is 3.47. The van der Waals surface area contributed by atoms with E-state index >= 15 is 0 Å². The fourth-order valence-electron chi connectivity index (χ4n) is 1.66. The maximum Gasteiger partial charge on any atom is 0.268 e. The number of methoxy groups -OCH3 is 1. The van der Waals surface area contributed by atoms with Gasteiger partial charge in [0.15, 0.2) is 0 Å². The molecule has 0 unspecified atom stereocenters. The number of halogens is 1. The van der Waals surface area contributed by atoms with Crippen LogP contribution in [0.5, 0.6) is 0 Å². The summed E-state index contributed by atoms with van der Waals surface area (Å²) in [6.45, 7) is 7.96. The summed E-state index contributed by atoms with van der Waals surface area (Å²) in [4.78, 5) is 12.2. The molecular formula is C13H21BrN2O2. The normalized spacial score (nSPS) is 14.6. The zero-order valence-electron chi connectivity index (χ0n) is 11.5. The average molecular weight is 317 g/mol.